The summed E-state index contributed by atoms with van der Waals surface area (Å²) in [4.78, 5) is 5.18. The summed E-state index contributed by atoms with van der Waals surface area (Å²) in [7, 11) is 0. The highest BCUT2D eigenvalue weighted by Crippen LogP contribution is 2.35. The third-order valence-electron chi connectivity index (χ3n) is 10.6. The predicted octanol–water partition coefficient (Wildman–Crippen LogP) is 13.4. The number of hydrogen-bond acceptors (Lipinski definition) is 3. The zero-order chi connectivity index (χ0) is 36.6. The molecule has 260 valence electrons. The number of hydrogen-bond donors (Lipinski definition) is 1. The fourth-order valence-corrected chi connectivity index (χ4v) is 7.58. The summed E-state index contributed by atoms with van der Waals surface area (Å²) in [5.41, 5.74) is 15.7. The minimum atomic E-state index is -0.124. The lowest BCUT2D eigenvalue weighted by atomic mass is 9.96. The van der Waals surface area contributed by atoms with Crippen LogP contribution in [0.4, 0.5) is 0 Å². The number of benzene rings is 8. The first-order valence-corrected chi connectivity index (χ1v) is 18.7. The van der Waals surface area contributed by atoms with Gasteiger partial charge in [-0.2, -0.15) is 0 Å². The van der Waals surface area contributed by atoms with E-state index in [1.165, 1.54) is 44.5 Å². The molecular weight excluding hydrogens is 669 g/mol. The van der Waals surface area contributed by atoms with Gasteiger partial charge in [0, 0.05) is 22.0 Å². The molecule has 0 saturated carbocycles. The molecule has 2 heterocycles. The molecule has 0 bridgehead atoms. The van der Waals surface area contributed by atoms with Gasteiger partial charge in [0.1, 0.15) is 17.0 Å². The molecule has 1 atom stereocenters. The summed E-state index contributed by atoms with van der Waals surface area (Å²) in [6.45, 7) is 0. The Morgan fingerprint density at radius 3 is 1.40 bits per heavy atom. The highest BCUT2D eigenvalue weighted by molar-refractivity contribution is 6.06. The Labute approximate surface area is 320 Å². The largest absolute Gasteiger partial charge is 0.456 e. The average Bonchev–Trinajstić information content (AvgIpc) is 3.65. The summed E-state index contributed by atoms with van der Waals surface area (Å²) in [5, 5.41) is 5.92. The van der Waals surface area contributed by atoms with E-state index in [9.17, 15) is 0 Å². The van der Waals surface area contributed by atoms with Crippen LogP contribution in [0.5, 0.6) is 0 Å². The van der Waals surface area contributed by atoms with Gasteiger partial charge in [0.25, 0.3) is 0 Å². The molecule has 1 unspecified atom stereocenters. The van der Waals surface area contributed by atoms with E-state index in [2.05, 4.69) is 193 Å². The Hall–Kier alpha value is -7.23. The minimum absolute atomic E-state index is 0.124. The normalized spacial score (nSPS) is 14.0. The van der Waals surface area contributed by atoms with Crippen molar-refractivity contribution in [3.8, 4) is 44.5 Å². The monoisotopic (exact) mass is 704 g/mol. The van der Waals surface area contributed by atoms with Crippen molar-refractivity contribution in [2.45, 2.75) is 6.04 Å². The summed E-state index contributed by atoms with van der Waals surface area (Å²) in [5.74, 6) is 0.871. The van der Waals surface area contributed by atoms with Crippen LogP contribution in [0.3, 0.4) is 0 Å². The molecule has 0 spiro atoms. The second-order valence-corrected chi connectivity index (χ2v) is 14.0. The summed E-state index contributed by atoms with van der Waals surface area (Å²) in [6, 6.07) is 70.7. The molecule has 8 aromatic carbocycles. The van der Waals surface area contributed by atoms with Crippen molar-refractivity contribution in [3.63, 3.8) is 0 Å². The van der Waals surface area contributed by atoms with E-state index in [1.54, 1.807) is 0 Å². The van der Waals surface area contributed by atoms with Crippen molar-refractivity contribution >= 4 is 33.5 Å². The maximum Gasteiger partial charge on any atom is 0.135 e. The van der Waals surface area contributed by atoms with E-state index < -0.39 is 0 Å². The number of nitrogens with zero attached hydrogens (tertiary/aromatic N) is 1. The van der Waals surface area contributed by atoms with Crippen LogP contribution < -0.4 is 5.32 Å². The average molecular weight is 705 g/mol. The molecule has 9 aromatic rings. The van der Waals surface area contributed by atoms with Gasteiger partial charge in [-0.05, 0) is 79.9 Å². The molecule has 1 aliphatic rings. The lowest BCUT2D eigenvalue weighted by molar-refractivity contribution is 0.669. The number of fused-ring (bicyclic) bond motifs is 3. The van der Waals surface area contributed by atoms with Gasteiger partial charge in [0.15, 0.2) is 0 Å². The van der Waals surface area contributed by atoms with E-state index in [-0.39, 0.29) is 6.04 Å². The van der Waals surface area contributed by atoms with Crippen LogP contribution in [-0.2, 0) is 0 Å². The number of rotatable bonds is 7. The first kappa shape index (κ1) is 32.4. The quantitative estimate of drug-likeness (QED) is 0.179. The topological polar surface area (TPSA) is 37.5 Å². The van der Waals surface area contributed by atoms with E-state index in [1.807, 2.05) is 18.2 Å². The molecular formula is C52H36N2O. The van der Waals surface area contributed by atoms with Crippen LogP contribution in [0, 0.1) is 0 Å². The van der Waals surface area contributed by atoms with Gasteiger partial charge < -0.3 is 9.73 Å². The first-order valence-electron chi connectivity index (χ1n) is 18.7. The Morgan fingerprint density at radius 2 is 0.800 bits per heavy atom. The van der Waals surface area contributed by atoms with Crippen molar-refractivity contribution < 1.29 is 4.42 Å². The smallest absolute Gasteiger partial charge is 0.135 e. The Balaban J connectivity index is 0.883. The lowest BCUT2D eigenvalue weighted by Gasteiger charge is -2.23. The molecule has 1 aromatic heterocycles. The minimum Gasteiger partial charge on any atom is -0.456 e. The number of furan rings is 1. The molecule has 1 N–H and O–H groups in total. The van der Waals surface area contributed by atoms with Crippen LogP contribution in [0.15, 0.2) is 216 Å². The summed E-state index contributed by atoms with van der Waals surface area (Å²) >= 11 is 0. The van der Waals surface area contributed by atoms with Crippen LogP contribution in [0.25, 0.3) is 72.1 Å². The van der Waals surface area contributed by atoms with E-state index in [0.717, 1.165) is 50.2 Å². The van der Waals surface area contributed by atoms with Crippen molar-refractivity contribution in [3.05, 3.63) is 223 Å². The zero-order valence-electron chi connectivity index (χ0n) is 30.1. The van der Waals surface area contributed by atoms with Gasteiger partial charge in [-0.1, -0.05) is 182 Å². The highest BCUT2D eigenvalue weighted by atomic mass is 16.3. The third kappa shape index (κ3) is 6.43. The van der Waals surface area contributed by atoms with Gasteiger partial charge in [-0.25, -0.2) is 0 Å². The van der Waals surface area contributed by atoms with Crippen LogP contribution in [0.1, 0.15) is 22.7 Å². The molecule has 0 saturated heterocycles. The van der Waals surface area contributed by atoms with Crippen LogP contribution >= 0.6 is 0 Å². The SMILES string of the molecule is C1=C(c2ccc(-c3ccccc3)cc2)NC(c2ccccc2)=NC1c1ccc(-c2ccc(-c3ccc(-c4ccc5oc6ccccc6c5c4)cc3)cc2)cc1. The molecule has 0 aliphatic carbocycles. The maximum atomic E-state index is 6.04. The molecule has 0 radical (unpaired) electrons. The number of amidine groups is 1. The maximum absolute atomic E-state index is 6.04. The van der Waals surface area contributed by atoms with Crippen LogP contribution in [-0.4, -0.2) is 5.84 Å². The van der Waals surface area contributed by atoms with Crippen molar-refractivity contribution in [2.24, 2.45) is 4.99 Å². The summed E-state index contributed by atoms with van der Waals surface area (Å²) in [6.07, 6.45) is 2.23. The summed E-state index contributed by atoms with van der Waals surface area (Å²) < 4.78 is 6.04. The molecule has 10 rings (SSSR count). The van der Waals surface area contributed by atoms with Gasteiger partial charge >= 0.3 is 0 Å². The second-order valence-electron chi connectivity index (χ2n) is 14.0. The first-order chi connectivity index (χ1) is 27.2. The third-order valence-corrected chi connectivity index (χ3v) is 10.6. The Kier molecular flexibility index (Phi) is 8.23. The number of aliphatic imine (C=N–C) groups is 1. The van der Waals surface area contributed by atoms with Gasteiger partial charge in [0.05, 0.1) is 6.04 Å². The predicted molar refractivity (Wildman–Crippen MR) is 229 cm³/mol. The van der Waals surface area contributed by atoms with Gasteiger partial charge in [-0.15, -0.1) is 0 Å². The Morgan fingerprint density at radius 1 is 0.364 bits per heavy atom. The van der Waals surface area contributed by atoms with Gasteiger partial charge in [-0.3, -0.25) is 4.99 Å². The Bertz CT molecular complexity index is 2830. The number of nitrogens with one attached hydrogen (secondary N) is 1. The van der Waals surface area contributed by atoms with Crippen molar-refractivity contribution in [2.75, 3.05) is 0 Å². The zero-order valence-corrected chi connectivity index (χ0v) is 30.1. The standard InChI is InChI=1S/C52H36N2O/c1-3-9-35(10-4-1)36-23-27-42(28-24-36)48-34-49(54-52(53-48)44-11-5-2-6-12-44)43-29-25-40(26-30-43)38-17-15-37(16-18-38)39-19-21-41(22-20-39)45-31-32-51-47(33-45)46-13-7-8-14-50(46)55-51/h1-34,49H,(H,53,54). The van der Waals surface area contributed by atoms with E-state index in [4.69, 9.17) is 9.41 Å². The van der Waals surface area contributed by atoms with Crippen LogP contribution in [0.2, 0.25) is 0 Å². The fourth-order valence-electron chi connectivity index (χ4n) is 7.58. The fraction of sp³-hybridized carbons (Fsp3) is 0.0192. The van der Waals surface area contributed by atoms with Gasteiger partial charge in [0.2, 0.25) is 0 Å². The molecule has 3 nitrogen and oxygen atoms in total. The highest BCUT2D eigenvalue weighted by Gasteiger charge is 2.20. The molecule has 3 heteroatoms. The molecule has 1 aliphatic heterocycles. The number of para-hydroxylation sites is 1. The van der Waals surface area contributed by atoms with Crippen molar-refractivity contribution in [1.29, 1.82) is 0 Å². The molecule has 55 heavy (non-hydrogen) atoms. The van der Waals surface area contributed by atoms with E-state index >= 15 is 0 Å². The van der Waals surface area contributed by atoms with E-state index in [0.29, 0.717) is 0 Å². The second kappa shape index (κ2) is 14.0. The molecule has 0 fully saturated rings. The molecule has 0 amide bonds. The van der Waals surface area contributed by atoms with Crippen molar-refractivity contribution in [1.82, 2.24) is 5.32 Å². The lowest BCUT2D eigenvalue weighted by Crippen LogP contribution is -2.27.